The van der Waals surface area contributed by atoms with Crippen LogP contribution in [0.2, 0.25) is 0 Å². The van der Waals surface area contributed by atoms with Gasteiger partial charge in [-0.25, -0.2) is 4.79 Å². The van der Waals surface area contributed by atoms with Crippen LogP contribution in [0.1, 0.15) is 10.4 Å². The van der Waals surface area contributed by atoms with Crippen molar-refractivity contribution >= 4 is 29.1 Å². The van der Waals surface area contributed by atoms with E-state index in [1.165, 1.54) is 11.0 Å². The summed E-state index contributed by atoms with van der Waals surface area (Å²) in [4.78, 5) is 37.7. The molecule has 0 aromatic heterocycles. The summed E-state index contributed by atoms with van der Waals surface area (Å²) in [5, 5.41) is 2.37. The Morgan fingerprint density at radius 1 is 1.37 bits per heavy atom. The van der Waals surface area contributed by atoms with E-state index in [0.717, 1.165) is 0 Å². The van der Waals surface area contributed by atoms with Crippen LogP contribution in [-0.2, 0) is 4.79 Å². The zero-order valence-corrected chi connectivity index (χ0v) is 10.6. The largest absolute Gasteiger partial charge is 0.351 e. The SMILES string of the molecule is CN(C)CN1C(=O)C(=O)c2cc(NC(N)=O)ccc21. The number of benzene rings is 1. The number of urea groups is 1. The second kappa shape index (κ2) is 4.69. The summed E-state index contributed by atoms with van der Waals surface area (Å²) in [6.45, 7) is 0.320. The van der Waals surface area contributed by atoms with E-state index >= 15 is 0 Å². The third-order valence-corrected chi connectivity index (χ3v) is 2.66. The van der Waals surface area contributed by atoms with Crippen molar-refractivity contribution in [3.63, 3.8) is 0 Å². The van der Waals surface area contributed by atoms with Crippen LogP contribution >= 0.6 is 0 Å². The van der Waals surface area contributed by atoms with Gasteiger partial charge in [0, 0.05) is 5.69 Å². The van der Waals surface area contributed by atoms with Crippen LogP contribution in [-0.4, -0.2) is 43.4 Å². The number of carbonyl (C=O) groups is 3. The molecule has 3 amide bonds. The first kappa shape index (κ1) is 13.0. The highest BCUT2D eigenvalue weighted by atomic mass is 16.2. The normalized spacial score (nSPS) is 13.9. The number of amides is 3. The molecule has 100 valence electrons. The fraction of sp³-hybridized carbons (Fsp3) is 0.250. The summed E-state index contributed by atoms with van der Waals surface area (Å²) in [5.74, 6) is -1.15. The Labute approximate surface area is 110 Å². The van der Waals surface area contributed by atoms with Crippen molar-refractivity contribution in [3.8, 4) is 0 Å². The van der Waals surface area contributed by atoms with Gasteiger partial charge in [0.05, 0.1) is 17.9 Å². The molecule has 1 aromatic carbocycles. The summed E-state index contributed by atoms with van der Waals surface area (Å²) in [6, 6.07) is 3.95. The predicted octanol–water partition coefficient (Wildman–Crippen LogP) is 0.226. The number of ketones is 1. The zero-order valence-electron chi connectivity index (χ0n) is 10.6. The summed E-state index contributed by atoms with van der Waals surface area (Å²) >= 11 is 0. The van der Waals surface area contributed by atoms with Crippen molar-refractivity contribution in [2.45, 2.75) is 0 Å². The number of fused-ring (bicyclic) bond motifs is 1. The van der Waals surface area contributed by atoms with Crippen LogP contribution in [0.3, 0.4) is 0 Å². The van der Waals surface area contributed by atoms with Crippen molar-refractivity contribution < 1.29 is 14.4 Å². The van der Waals surface area contributed by atoms with Crippen molar-refractivity contribution in [2.75, 3.05) is 31.0 Å². The van der Waals surface area contributed by atoms with Gasteiger partial charge in [-0.1, -0.05) is 0 Å². The third kappa shape index (κ3) is 2.41. The van der Waals surface area contributed by atoms with Gasteiger partial charge in [0.2, 0.25) is 0 Å². The topological polar surface area (TPSA) is 95.7 Å². The Morgan fingerprint density at radius 3 is 2.63 bits per heavy atom. The Morgan fingerprint density at radius 2 is 2.05 bits per heavy atom. The van der Waals surface area contributed by atoms with Crippen molar-refractivity contribution in [1.29, 1.82) is 0 Å². The minimum atomic E-state index is -0.720. The van der Waals surface area contributed by atoms with E-state index in [4.69, 9.17) is 5.73 Å². The quantitative estimate of drug-likeness (QED) is 0.762. The van der Waals surface area contributed by atoms with E-state index in [9.17, 15) is 14.4 Å². The number of Topliss-reactive ketones (excluding diaryl/α,β-unsaturated/α-hetero) is 1. The van der Waals surface area contributed by atoms with Crippen LogP contribution in [0.5, 0.6) is 0 Å². The number of rotatable bonds is 3. The third-order valence-electron chi connectivity index (χ3n) is 2.66. The maximum atomic E-state index is 11.9. The first-order chi connectivity index (χ1) is 8.90. The lowest BCUT2D eigenvalue weighted by atomic mass is 10.1. The Kier molecular flexibility index (Phi) is 3.22. The maximum Gasteiger partial charge on any atom is 0.316 e. The van der Waals surface area contributed by atoms with E-state index < -0.39 is 17.7 Å². The van der Waals surface area contributed by atoms with Gasteiger partial charge in [-0.3, -0.25) is 19.4 Å². The molecule has 0 unspecified atom stereocenters. The van der Waals surface area contributed by atoms with E-state index in [0.29, 0.717) is 18.0 Å². The minimum absolute atomic E-state index is 0.276. The molecule has 0 fully saturated rings. The van der Waals surface area contributed by atoms with Crippen molar-refractivity contribution in [1.82, 2.24) is 4.90 Å². The lowest BCUT2D eigenvalue weighted by molar-refractivity contribution is -0.114. The van der Waals surface area contributed by atoms with Crippen LogP contribution in [0.25, 0.3) is 0 Å². The molecule has 2 rings (SSSR count). The highest BCUT2D eigenvalue weighted by Gasteiger charge is 2.36. The fourth-order valence-electron chi connectivity index (χ4n) is 1.94. The Bertz CT molecular complexity index is 568. The van der Waals surface area contributed by atoms with Crippen molar-refractivity contribution in [3.05, 3.63) is 23.8 Å². The number of nitrogens with two attached hydrogens (primary N) is 1. The smallest absolute Gasteiger partial charge is 0.316 e. The lowest BCUT2D eigenvalue weighted by Gasteiger charge is -2.20. The van der Waals surface area contributed by atoms with Crippen LogP contribution in [0.15, 0.2) is 18.2 Å². The Balaban J connectivity index is 2.38. The number of hydrogen-bond acceptors (Lipinski definition) is 4. The number of anilines is 2. The van der Waals surface area contributed by atoms with Gasteiger partial charge in [-0.15, -0.1) is 0 Å². The fourth-order valence-corrected chi connectivity index (χ4v) is 1.94. The number of nitrogens with zero attached hydrogens (tertiary/aromatic N) is 2. The summed E-state index contributed by atoms with van der Waals surface area (Å²) in [7, 11) is 3.61. The molecular weight excluding hydrogens is 248 g/mol. The van der Waals surface area contributed by atoms with Gasteiger partial charge in [0.25, 0.3) is 5.78 Å². The zero-order chi connectivity index (χ0) is 14.2. The summed E-state index contributed by atoms with van der Waals surface area (Å²) in [5.41, 5.74) is 6.21. The average molecular weight is 262 g/mol. The van der Waals surface area contributed by atoms with E-state index in [1.807, 2.05) is 0 Å². The van der Waals surface area contributed by atoms with Crippen molar-refractivity contribution in [2.24, 2.45) is 5.73 Å². The van der Waals surface area contributed by atoms with Gasteiger partial charge < -0.3 is 11.1 Å². The Hall–Kier alpha value is -2.41. The standard InChI is InChI=1S/C12H14N4O3/c1-15(2)6-16-9-4-3-7(14-12(13)19)5-8(9)10(17)11(16)18/h3-5H,6H2,1-2H3,(H3,13,14,19). The van der Waals surface area contributed by atoms with Gasteiger partial charge >= 0.3 is 11.9 Å². The molecule has 0 radical (unpaired) electrons. The number of carbonyl (C=O) groups excluding carboxylic acids is 3. The maximum absolute atomic E-state index is 11.9. The molecule has 3 N–H and O–H groups in total. The van der Waals surface area contributed by atoms with E-state index in [1.54, 1.807) is 31.1 Å². The van der Waals surface area contributed by atoms with E-state index in [-0.39, 0.29) is 5.56 Å². The minimum Gasteiger partial charge on any atom is -0.351 e. The first-order valence-corrected chi connectivity index (χ1v) is 5.61. The summed E-state index contributed by atoms with van der Waals surface area (Å²) < 4.78 is 0. The average Bonchev–Trinajstić information content (AvgIpc) is 2.53. The molecule has 1 aliphatic heterocycles. The van der Waals surface area contributed by atoms with Crippen LogP contribution in [0, 0.1) is 0 Å². The van der Waals surface area contributed by atoms with Gasteiger partial charge in [0.15, 0.2) is 0 Å². The monoisotopic (exact) mass is 262 g/mol. The number of hydrogen-bond donors (Lipinski definition) is 2. The molecule has 0 saturated heterocycles. The van der Waals surface area contributed by atoms with Gasteiger partial charge in [0.1, 0.15) is 0 Å². The molecule has 0 aliphatic carbocycles. The molecule has 1 aliphatic rings. The second-order valence-electron chi connectivity index (χ2n) is 4.50. The first-order valence-electron chi connectivity index (χ1n) is 5.61. The number of nitrogens with one attached hydrogen (secondary N) is 1. The summed E-state index contributed by atoms with van der Waals surface area (Å²) in [6.07, 6.45) is 0. The van der Waals surface area contributed by atoms with Gasteiger partial charge in [-0.05, 0) is 32.3 Å². The molecule has 0 spiro atoms. The molecule has 0 bridgehead atoms. The second-order valence-corrected chi connectivity index (χ2v) is 4.50. The molecule has 0 saturated carbocycles. The molecule has 19 heavy (non-hydrogen) atoms. The van der Waals surface area contributed by atoms with E-state index in [2.05, 4.69) is 5.32 Å². The molecule has 7 nitrogen and oxygen atoms in total. The van der Waals surface area contributed by atoms with Crippen LogP contribution < -0.4 is 16.0 Å². The highest BCUT2D eigenvalue weighted by molar-refractivity contribution is 6.52. The molecule has 7 heteroatoms. The van der Waals surface area contributed by atoms with Crippen LogP contribution in [0.4, 0.5) is 16.2 Å². The molecular formula is C12H14N4O3. The van der Waals surface area contributed by atoms with Gasteiger partial charge in [-0.2, -0.15) is 0 Å². The number of primary amides is 1. The predicted molar refractivity (Wildman–Crippen MR) is 70.0 cm³/mol. The molecule has 1 heterocycles. The molecule has 1 aromatic rings. The molecule has 0 atom stereocenters. The highest BCUT2D eigenvalue weighted by Crippen LogP contribution is 2.31. The lowest BCUT2D eigenvalue weighted by Crippen LogP contribution is -2.37.